The van der Waals surface area contributed by atoms with E-state index in [0.717, 1.165) is 25.9 Å². The molecule has 0 amide bonds. The lowest BCUT2D eigenvalue weighted by Crippen LogP contribution is -2.24. The molecule has 1 N–H and O–H groups in total. The van der Waals surface area contributed by atoms with Crippen LogP contribution in [0.15, 0.2) is 0 Å². The van der Waals surface area contributed by atoms with Gasteiger partial charge in [0.15, 0.2) is 9.84 Å². The van der Waals surface area contributed by atoms with Crippen LogP contribution in [-0.2, 0) is 9.84 Å². The predicted molar refractivity (Wildman–Crippen MR) is 43.2 cm³/mol. The molecule has 0 aromatic rings. The predicted octanol–water partition coefficient (Wildman–Crippen LogP) is -0.215. The summed E-state index contributed by atoms with van der Waals surface area (Å²) in [6.45, 7) is 1.90. The highest BCUT2D eigenvalue weighted by Gasteiger charge is 2.43. The minimum atomic E-state index is -2.68. The van der Waals surface area contributed by atoms with E-state index in [1.54, 1.807) is 0 Å². The molecule has 2 aliphatic rings. The molecule has 2 aliphatic heterocycles. The van der Waals surface area contributed by atoms with E-state index in [1.165, 1.54) is 0 Å². The molecule has 3 nitrogen and oxygen atoms in total. The van der Waals surface area contributed by atoms with Crippen molar-refractivity contribution in [2.75, 3.05) is 24.6 Å². The number of rotatable bonds is 0. The first-order chi connectivity index (χ1) is 5.12. The largest absolute Gasteiger partial charge is 0.316 e. The van der Waals surface area contributed by atoms with Crippen LogP contribution in [0.1, 0.15) is 12.8 Å². The highest BCUT2D eigenvalue weighted by atomic mass is 32.2. The van der Waals surface area contributed by atoms with Crippen LogP contribution >= 0.6 is 0 Å². The Morgan fingerprint density at radius 2 is 2.09 bits per heavy atom. The van der Waals surface area contributed by atoms with Gasteiger partial charge < -0.3 is 5.32 Å². The number of hydrogen-bond acceptors (Lipinski definition) is 3. The van der Waals surface area contributed by atoms with Crippen LogP contribution in [0.4, 0.5) is 0 Å². The number of sulfone groups is 1. The normalized spacial score (nSPS) is 41.8. The Morgan fingerprint density at radius 3 is 2.55 bits per heavy atom. The summed E-state index contributed by atoms with van der Waals surface area (Å²) in [5.74, 6) is 0.835. The third-order valence-electron chi connectivity index (χ3n) is 2.80. The summed E-state index contributed by atoms with van der Waals surface area (Å²) >= 11 is 0. The molecule has 64 valence electrons. The highest BCUT2D eigenvalue weighted by molar-refractivity contribution is 7.91. The topological polar surface area (TPSA) is 46.2 Å². The van der Waals surface area contributed by atoms with Crippen LogP contribution in [0, 0.1) is 5.41 Å². The summed E-state index contributed by atoms with van der Waals surface area (Å²) in [5, 5.41) is 3.23. The number of hydrogen-bond donors (Lipinski definition) is 1. The fourth-order valence-electron chi connectivity index (χ4n) is 2.11. The van der Waals surface area contributed by atoms with Gasteiger partial charge in [0.1, 0.15) is 0 Å². The second kappa shape index (κ2) is 2.20. The summed E-state index contributed by atoms with van der Waals surface area (Å²) in [6.07, 6.45) is 1.93. The molecule has 1 atom stereocenters. The minimum Gasteiger partial charge on any atom is -0.316 e. The van der Waals surface area contributed by atoms with Gasteiger partial charge in [0.2, 0.25) is 0 Å². The van der Waals surface area contributed by atoms with Gasteiger partial charge in [0.25, 0.3) is 0 Å². The molecule has 1 unspecified atom stereocenters. The Bertz CT molecular complexity index is 252. The Hall–Kier alpha value is -0.0900. The van der Waals surface area contributed by atoms with E-state index in [4.69, 9.17) is 0 Å². The summed E-state index contributed by atoms with van der Waals surface area (Å²) in [4.78, 5) is 0. The van der Waals surface area contributed by atoms with Gasteiger partial charge in [-0.2, -0.15) is 0 Å². The molecule has 4 heteroatoms. The van der Waals surface area contributed by atoms with Gasteiger partial charge in [-0.1, -0.05) is 0 Å². The second-order valence-corrected chi connectivity index (χ2v) is 5.95. The molecule has 0 bridgehead atoms. The second-order valence-electron chi connectivity index (χ2n) is 3.77. The maximum atomic E-state index is 11.2. The van der Waals surface area contributed by atoms with E-state index in [0.29, 0.717) is 11.5 Å². The SMILES string of the molecule is O=S1(=O)CCC2(CCNC2)C1. The summed E-state index contributed by atoms with van der Waals surface area (Å²) < 4.78 is 22.3. The number of nitrogens with one attached hydrogen (secondary N) is 1. The Kier molecular flexibility index (Phi) is 1.51. The molecule has 2 fully saturated rings. The molecule has 0 aromatic carbocycles. The van der Waals surface area contributed by atoms with E-state index in [-0.39, 0.29) is 5.41 Å². The lowest BCUT2D eigenvalue weighted by atomic mass is 9.87. The van der Waals surface area contributed by atoms with Crippen molar-refractivity contribution in [3.63, 3.8) is 0 Å². The van der Waals surface area contributed by atoms with Crippen molar-refractivity contribution in [2.24, 2.45) is 5.41 Å². The quantitative estimate of drug-likeness (QED) is 0.554. The molecule has 1 spiro atoms. The Morgan fingerprint density at radius 1 is 1.27 bits per heavy atom. The maximum absolute atomic E-state index is 11.2. The molecule has 0 radical (unpaired) electrons. The Balaban J connectivity index is 2.20. The van der Waals surface area contributed by atoms with Crippen molar-refractivity contribution in [3.05, 3.63) is 0 Å². The van der Waals surface area contributed by atoms with Gasteiger partial charge in [-0.15, -0.1) is 0 Å². The summed E-state index contributed by atoms with van der Waals surface area (Å²) in [5.41, 5.74) is 0.124. The van der Waals surface area contributed by atoms with E-state index in [2.05, 4.69) is 5.32 Å². The van der Waals surface area contributed by atoms with Gasteiger partial charge in [0.05, 0.1) is 11.5 Å². The lowest BCUT2D eigenvalue weighted by molar-refractivity contribution is 0.377. The fraction of sp³-hybridized carbons (Fsp3) is 1.00. The van der Waals surface area contributed by atoms with E-state index >= 15 is 0 Å². The zero-order valence-electron chi connectivity index (χ0n) is 6.47. The van der Waals surface area contributed by atoms with Gasteiger partial charge in [-0.25, -0.2) is 8.42 Å². The first-order valence-corrected chi connectivity index (χ1v) is 5.85. The van der Waals surface area contributed by atoms with Crippen LogP contribution in [-0.4, -0.2) is 33.0 Å². The molecule has 0 aromatic heterocycles. The van der Waals surface area contributed by atoms with Gasteiger partial charge in [0, 0.05) is 6.54 Å². The van der Waals surface area contributed by atoms with Gasteiger partial charge in [-0.3, -0.25) is 0 Å². The molecular formula is C7H13NO2S. The average molecular weight is 175 g/mol. The zero-order chi connectivity index (χ0) is 7.95. The van der Waals surface area contributed by atoms with Crippen molar-refractivity contribution >= 4 is 9.84 Å². The molecule has 2 rings (SSSR count). The first-order valence-electron chi connectivity index (χ1n) is 4.03. The zero-order valence-corrected chi connectivity index (χ0v) is 7.28. The van der Waals surface area contributed by atoms with Gasteiger partial charge in [-0.05, 0) is 24.8 Å². The van der Waals surface area contributed by atoms with Crippen LogP contribution in [0.3, 0.4) is 0 Å². The summed E-state index contributed by atoms with van der Waals surface area (Å²) in [7, 11) is -2.68. The average Bonchev–Trinajstić information content (AvgIpc) is 2.43. The van der Waals surface area contributed by atoms with Crippen molar-refractivity contribution in [2.45, 2.75) is 12.8 Å². The lowest BCUT2D eigenvalue weighted by Gasteiger charge is -2.17. The molecule has 2 heterocycles. The molecular weight excluding hydrogens is 162 g/mol. The van der Waals surface area contributed by atoms with Crippen molar-refractivity contribution < 1.29 is 8.42 Å². The highest BCUT2D eigenvalue weighted by Crippen LogP contribution is 2.37. The van der Waals surface area contributed by atoms with E-state index < -0.39 is 9.84 Å². The molecule has 11 heavy (non-hydrogen) atoms. The first kappa shape index (κ1) is 7.55. The van der Waals surface area contributed by atoms with E-state index in [1.807, 2.05) is 0 Å². The van der Waals surface area contributed by atoms with Crippen molar-refractivity contribution in [1.29, 1.82) is 0 Å². The minimum absolute atomic E-state index is 0.124. The monoisotopic (exact) mass is 175 g/mol. The standard InChI is InChI=1S/C7H13NO2S/c9-11(10)4-2-7(6-11)1-3-8-5-7/h8H,1-6H2. The van der Waals surface area contributed by atoms with Crippen molar-refractivity contribution in [3.8, 4) is 0 Å². The van der Waals surface area contributed by atoms with Crippen LogP contribution in [0.5, 0.6) is 0 Å². The smallest absolute Gasteiger partial charge is 0.150 e. The van der Waals surface area contributed by atoms with Crippen LogP contribution in [0.2, 0.25) is 0 Å². The Labute approximate surface area is 67.1 Å². The molecule has 0 saturated carbocycles. The fourth-order valence-corrected chi connectivity index (χ4v) is 4.33. The maximum Gasteiger partial charge on any atom is 0.150 e. The van der Waals surface area contributed by atoms with E-state index in [9.17, 15) is 8.42 Å². The summed E-state index contributed by atoms with van der Waals surface area (Å²) in [6, 6.07) is 0. The van der Waals surface area contributed by atoms with Gasteiger partial charge >= 0.3 is 0 Å². The van der Waals surface area contributed by atoms with Crippen LogP contribution < -0.4 is 5.32 Å². The molecule has 2 saturated heterocycles. The van der Waals surface area contributed by atoms with Crippen LogP contribution in [0.25, 0.3) is 0 Å². The van der Waals surface area contributed by atoms with Crippen molar-refractivity contribution in [1.82, 2.24) is 5.32 Å². The third kappa shape index (κ3) is 1.29. The third-order valence-corrected chi connectivity index (χ3v) is 4.68. The molecule has 0 aliphatic carbocycles.